The SMILES string of the molecule is COc1cc(Cl)ccc1C(Cc1ccc(F)c(Cl)c1)NN. The molecule has 0 heterocycles. The van der Waals surface area contributed by atoms with Crippen molar-refractivity contribution in [2.75, 3.05) is 7.11 Å². The Morgan fingerprint density at radius 3 is 2.62 bits per heavy atom. The van der Waals surface area contributed by atoms with Crippen LogP contribution in [0.25, 0.3) is 0 Å². The van der Waals surface area contributed by atoms with Gasteiger partial charge >= 0.3 is 0 Å². The summed E-state index contributed by atoms with van der Waals surface area (Å²) in [7, 11) is 1.57. The van der Waals surface area contributed by atoms with E-state index in [1.54, 1.807) is 31.4 Å². The van der Waals surface area contributed by atoms with Crippen LogP contribution in [-0.2, 0) is 6.42 Å². The number of methoxy groups -OCH3 is 1. The Bertz CT molecular complexity index is 637. The van der Waals surface area contributed by atoms with Gasteiger partial charge in [-0.1, -0.05) is 35.3 Å². The van der Waals surface area contributed by atoms with E-state index >= 15 is 0 Å². The van der Waals surface area contributed by atoms with E-state index in [-0.39, 0.29) is 11.1 Å². The van der Waals surface area contributed by atoms with Crippen LogP contribution in [0.15, 0.2) is 36.4 Å². The first kappa shape index (κ1) is 16.0. The fraction of sp³-hybridized carbons (Fsp3) is 0.200. The van der Waals surface area contributed by atoms with Crippen LogP contribution in [0.2, 0.25) is 10.0 Å². The molecule has 1 unspecified atom stereocenters. The maximum absolute atomic E-state index is 13.2. The molecule has 0 aromatic heterocycles. The third kappa shape index (κ3) is 3.86. The van der Waals surface area contributed by atoms with Crippen LogP contribution in [0.4, 0.5) is 4.39 Å². The number of nitrogens with two attached hydrogens (primary N) is 1. The molecule has 112 valence electrons. The van der Waals surface area contributed by atoms with E-state index in [9.17, 15) is 4.39 Å². The minimum Gasteiger partial charge on any atom is -0.496 e. The minimum atomic E-state index is -0.443. The minimum absolute atomic E-state index is 0.0892. The molecule has 0 aliphatic rings. The van der Waals surface area contributed by atoms with Gasteiger partial charge in [0.05, 0.1) is 18.2 Å². The van der Waals surface area contributed by atoms with Crippen molar-refractivity contribution in [3.8, 4) is 5.75 Å². The Morgan fingerprint density at radius 2 is 2.00 bits per heavy atom. The van der Waals surface area contributed by atoms with E-state index in [1.165, 1.54) is 6.07 Å². The second kappa shape index (κ2) is 7.09. The second-order valence-electron chi connectivity index (χ2n) is 4.56. The normalized spacial score (nSPS) is 12.2. The molecule has 0 amide bonds. The lowest BCUT2D eigenvalue weighted by Crippen LogP contribution is -2.30. The van der Waals surface area contributed by atoms with Gasteiger partial charge in [0.25, 0.3) is 0 Å². The number of hydrogen-bond donors (Lipinski definition) is 2. The fourth-order valence-corrected chi connectivity index (χ4v) is 2.50. The number of halogens is 3. The number of rotatable bonds is 5. The van der Waals surface area contributed by atoms with Gasteiger partial charge in [0.2, 0.25) is 0 Å². The zero-order chi connectivity index (χ0) is 15.4. The third-order valence-corrected chi connectivity index (χ3v) is 3.72. The molecule has 3 nitrogen and oxygen atoms in total. The van der Waals surface area contributed by atoms with Crippen LogP contribution in [0.5, 0.6) is 5.75 Å². The van der Waals surface area contributed by atoms with Gasteiger partial charge in [-0.3, -0.25) is 11.3 Å². The van der Waals surface area contributed by atoms with Crippen molar-refractivity contribution in [1.82, 2.24) is 5.43 Å². The molecule has 0 radical (unpaired) electrons. The number of ether oxygens (including phenoxy) is 1. The lowest BCUT2D eigenvalue weighted by Gasteiger charge is -2.19. The lowest BCUT2D eigenvalue weighted by molar-refractivity contribution is 0.399. The first-order valence-electron chi connectivity index (χ1n) is 6.28. The predicted octanol–water partition coefficient (Wildman–Crippen LogP) is 3.89. The third-order valence-electron chi connectivity index (χ3n) is 3.20. The van der Waals surface area contributed by atoms with E-state index in [0.29, 0.717) is 17.2 Å². The summed E-state index contributed by atoms with van der Waals surface area (Å²) >= 11 is 11.7. The Labute approximate surface area is 132 Å². The Kier molecular flexibility index (Phi) is 5.42. The predicted molar refractivity (Wildman–Crippen MR) is 83.2 cm³/mol. The van der Waals surface area contributed by atoms with Crippen LogP contribution < -0.4 is 16.0 Å². The largest absolute Gasteiger partial charge is 0.496 e. The Balaban J connectivity index is 2.29. The van der Waals surface area contributed by atoms with Gasteiger partial charge < -0.3 is 4.74 Å². The molecule has 2 aromatic rings. The van der Waals surface area contributed by atoms with Gasteiger partial charge in [0.15, 0.2) is 0 Å². The zero-order valence-electron chi connectivity index (χ0n) is 11.4. The molecule has 6 heteroatoms. The summed E-state index contributed by atoms with van der Waals surface area (Å²) in [4.78, 5) is 0. The Hall–Kier alpha value is -1.33. The number of nitrogens with one attached hydrogen (secondary N) is 1. The van der Waals surface area contributed by atoms with Crippen molar-refractivity contribution >= 4 is 23.2 Å². The highest BCUT2D eigenvalue weighted by molar-refractivity contribution is 6.31. The van der Waals surface area contributed by atoms with E-state index in [4.69, 9.17) is 33.8 Å². The summed E-state index contributed by atoms with van der Waals surface area (Å²) in [6, 6.07) is 9.72. The summed E-state index contributed by atoms with van der Waals surface area (Å²) in [6.45, 7) is 0. The highest BCUT2D eigenvalue weighted by Gasteiger charge is 2.16. The van der Waals surface area contributed by atoms with E-state index < -0.39 is 5.82 Å². The monoisotopic (exact) mass is 328 g/mol. The molecular formula is C15H15Cl2FN2O. The van der Waals surface area contributed by atoms with Crippen LogP contribution in [0.1, 0.15) is 17.2 Å². The van der Waals surface area contributed by atoms with Crippen molar-refractivity contribution in [3.05, 3.63) is 63.4 Å². The highest BCUT2D eigenvalue weighted by atomic mass is 35.5. The molecule has 0 spiro atoms. The van der Waals surface area contributed by atoms with Gasteiger partial charge in [0, 0.05) is 10.6 Å². The summed E-state index contributed by atoms with van der Waals surface area (Å²) in [5.74, 6) is 5.83. The molecule has 2 rings (SSSR count). The number of benzene rings is 2. The van der Waals surface area contributed by atoms with Crippen molar-refractivity contribution in [3.63, 3.8) is 0 Å². The second-order valence-corrected chi connectivity index (χ2v) is 5.40. The molecule has 21 heavy (non-hydrogen) atoms. The molecule has 1 atom stereocenters. The Morgan fingerprint density at radius 1 is 1.24 bits per heavy atom. The lowest BCUT2D eigenvalue weighted by atomic mass is 9.98. The average Bonchev–Trinajstić information content (AvgIpc) is 2.48. The molecule has 0 bridgehead atoms. The summed E-state index contributed by atoms with van der Waals surface area (Å²) in [5.41, 5.74) is 4.46. The average molecular weight is 329 g/mol. The topological polar surface area (TPSA) is 47.3 Å². The van der Waals surface area contributed by atoms with Gasteiger partial charge in [-0.25, -0.2) is 4.39 Å². The molecule has 0 aliphatic carbocycles. The van der Waals surface area contributed by atoms with Crippen LogP contribution in [0, 0.1) is 5.82 Å². The maximum atomic E-state index is 13.2. The van der Waals surface area contributed by atoms with E-state index in [0.717, 1.165) is 11.1 Å². The van der Waals surface area contributed by atoms with Crippen LogP contribution >= 0.6 is 23.2 Å². The highest BCUT2D eigenvalue weighted by Crippen LogP contribution is 2.30. The van der Waals surface area contributed by atoms with Gasteiger partial charge in [0.1, 0.15) is 11.6 Å². The molecule has 0 saturated carbocycles. The fourth-order valence-electron chi connectivity index (χ4n) is 2.13. The smallest absolute Gasteiger partial charge is 0.141 e. The van der Waals surface area contributed by atoms with Crippen LogP contribution in [-0.4, -0.2) is 7.11 Å². The van der Waals surface area contributed by atoms with Crippen molar-refractivity contribution in [2.45, 2.75) is 12.5 Å². The number of hydrogen-bond acceptors (Lipinski definition) is 3. The van der Waals surface area contributed by atoms with E-state index in [1.807, 2.05) is 6.07 Å². The first-order valence-corrected chi connectivity index (χ1v) is 7.04. The number of hydrazine groups is 1. The molecule has 2 aromatic carbocycles. The zero-order valence-corrected chi connectivity index (χ0v) is 12.9. The summed E-state index contributed by atoms with van der Waals surface area (Å²) in [5, 5.41) is 0.669. The first-order chi connectivity index (χ1) is 10.0. The van der Waals surface area contributed by atoms with Crippen LogP contribution in [0.3, 0.4) is 0 Å². The molecule has 0 fully saturated rings. The standard InChI is InChI=1S/C15H15Cl2FN2O/c1-21-15-8-10(16)3-4-11(15)14(20-19)7-9-2-5-13(18)12(17)6-9/h2-6,8,14,20H,7,19H2,1H3. The molecule has 0 aliphatic heterocycles. The molecule has 0 saturated heterocycles. The summed E-state index contributed by atoms with van der Waals surface area (Å²) in [6.07, 6.45) is 0.536. The van der Waals surface area contributed by atoms with Gasteiger partial charge in [-0.05, 0) is 36.2 Å². The molecule has 3 N–H and O–H groups in total. The van der Waals surface area contributed by atoms with Crippen molar-refractivity contribution < 1.29 is 9.13 Å². The van der Waals surface area contributed by atoms with Crippen molar-refractivity contribution in [1.29, 1.82) is 0 Å². The van der Waals surface area contributed by atoms with Gasteiger partial charge in [-0.15, -0.1) is 0 Å². The van der Waals surface area contributed by atoms with E-state index in [2.05, 4.69) is 5.43 Å². The van der Waals surface area contributed by atoms with Crippen molar-refractivity contribution in [2.24, 2.45) is 5.84 Å². The molecular weight excluding hydrogens is 314 g/mol. The summed E-state index contributed by atoms with van der Waals surface area (Å²) < 4.78 is 18.5. The maximum Gasteiger partial charge on any atom is 0.141 e. The van der Waals surface area contributed by atoms with Gasteiger partial charge in [-0.2, -0.15) is 0 Å². The quantitative estimate of drug-likeness (QED) is 0.646.